The van der Waals surface area contributed by atoms with Crippen LogP contribution in [0.25, 0.3) is 0 Å². The summed E-state index contributed by atoms with van der Waals surface area (Å²) in [5, 5.41) is -0.117. The highest BCUT2D eigenvalue weighted by atomic mass is 35.5. The minimum Gasteiger partial charge on any atom is -0.489 e. The fraction of sp³-hybridized carbons (Fsp3) is 0.552. The van der Waals surface area contributed by atoms with Gasteiger partial charge in [-0.05, 0) is 53.9 Å². The fourth-order valence-electron chi connectivity index (χ4n) is 3.87. The molecule has 2 rings (SSSR count). The maximum atomic E-state index is 12.3. The van der Waals surface area contributed by atoms with E-state index in [9.17, 15) is 13.2 Å². The van der Waals surface area contributed by atoms with Crippen LogP contribution in [0.5, 0.6) is 11.5 Å². The highest BCUT2D eigenvalue weighted by molar-refractivity contribution is 6.32. The molecule has 0 bridgehead atoms. The monoisotopic (exact) mass is 525 g/mol. The molecule has 0 N–H and O–H groups in total. The number of nitrogens with zero attached hydrogens (tertiary/aromatic N) is 1. The first-order valence-corrected chi connectivity index (χ1v) is 13.5. The van der Waals surface area contributed by atoms with Gasteiger partial charge in [-0.15, -0.1) is 13.2 Å². The van der Waals surface area contributed by atoms with Crippen LogP contribution < -0.4 is 9.47 Å². The number of ether oxygens (including phenoxy) is 2. The van der Waals surface area contributed by atoms with Gasteiger partial charge < -0.3 is 9.47 Å². The molecule has 200 valence electrons. The second-order valence-corrected chi connectivity index (χ2v) is 9.50. The molecule has 0 heterocycles. The number of unbranched alkanes of at least 4 members (excludes halogenated alkanes) is 11. The zero-order chi connectivity index (χ0) is 26.1. The normalized spacial score (nSPS) is 11.8. The van der Waals surface area contributed by atoms with Crippen molar-refractivity contribution in [3.05, 3.63) is 58.6 Å². The van der Waals surface area contributed by atoms with Crippen molar-refractivity contribution in [2.45, 2.75) is 96.9 Å². The third-order valence-electron chi connectivity index (χ3n) is 5.89. The third kappa shape index (κ3) is 13.8. The number of benzene rings is 2. The van der Waals surface area contributed by atoms with E-state index in [-0.39, 0.29) is 11.6 Å². The summed E-state index contributed by atoms with van der Waals surface area (Å²) in [4.78, 5) is 4.52. The summed E-state index contributed by atoms with van der Waals surface area (Å²) in [6.45, 7) is 3.28. The lowest BCUT2D eigenvalue weighted by atomic mass is 10.1. The molecule has 0 saturated carbocycles. The summed E-state index contributed by atoms with van der Waals surface area (Å²) in [6, 6.07) is 11.6. The lowest BCUT2D eigenvalue weighted by molar-refractivity contribution is -0.274. The average Bonchev–Trinajstić information content (AvgIpc) is 2.84. The molecule has 0 aliphatic rings. The van der Waals surface area contributed by atoms with Gasteiger partial charge in [-0.2, -0.15) is 0 Å². The predicted molar refractivity (Wildman–Crippen MR) is 142 cm³/mol. The van der Waals surface area contributed by atoms with Crippen LogP contribution in [0.2, 0.25) is 5.02 Å². The minimum absolute atomic E-state index is 0.117. The molecule has 0 spiro atoms. The molecule has 2 aromatic rings. The van der Waals surface area contributed by atoms with Gasteiger partial charge in [0.15, 0.2) is 0 Å². The molecule has 0 unspecified atom stereocenters. The van der Waals surface area contributed by atoms with Crippen LogP contribution in [-0.4, -0.2) is 19.1 Å². The Hall–Kier alpha value is -2.21. The number of halogens is 4. The van der Waals surface area contributed by atoms with E-state index in [1.165, 1.54) is 88.8 Å². The summed E-state index contributed by atoms with van der Waals surface area (Å²) in [5.74, 6) is 0.222. The van der Waals surface area contributed by atoms with Crippen molar-refractivity contribution in [2.75, 3.05) is 6.54 Å². The van der Waals surface area contributed by atoms with E-state index in [0.29, 0.717) is 11.3 Å². The van der Waals surface area contributed by atoms with E-state index in [0.717, 1.165) is 18.5 Å². The first-order valence-electron chi connectivity index (χ1n) is 13.1. The summed E-state index contributed by atoms with van der Waals surface area (Å²) < 4.78 is 46.6. The Bertz CT molecular complexity index is 885. The standard InChI is InChI=1S/C29H39ClF3NO2/c1-2-3-4-5-6-7-8-9-10-11-12-13-20-34-22-24-14-17-26(18-15-24)35-23-25-16-19-28(27(30)21-25)36-29(31,32)33/h14-19,21-22H,2-13,20,23H2,1H3. The molecule has 0 radical (unpaired) electrons. The lowest BCUT2D eigenvalue weighted by Gasteiger charge is -2.12. The van der Waals surface area contributed by atoms with E-state index in [1.807, 2.05) is 30.5 Å². The van der Waals surface area contributed by atoms with Crippen molar-refractivity contribution in [3.63, 3.8) is 0 Å². The van der Waals surface area contributed by atoms with Crippen molar-refractivity contribution < 1.29 is 22.6 Å². The number of hydrogen-bond acceptors (Lipinski definition) is 3. The van der Waals surface area contributed by atoms with Gasteiger partial charge in [-0.3, -0.25) is 4.99 Å². The Morgan fingerprint density at radius 2 is 1.39 bits per heavy atom. The summed E-state index contributed by atoms with van der Waals surface area (Å²) in [6.07, 6.45) is 13.1. The molecular weight excluding hydrogens is 487 g/mol. The molecule has 7 heteroatoms. The number of aliphatic imine (C=N–C) groups is 1. The second-order valence-electron chi connectivity index (χ2n) is 9.09. The Labute approximate surface area is 219 Å². The van der Waals surface area contributed by atoms with Crippen molar-refractivity contribution >= 4 is 17.8 Å². The lowest BCUT2D eigenvalue weighted by Crippen LogP contribution is -2.17. The number of hydrogen-bond donors (Lipinski definition) is 0. The van der Waals surface area contributed by atoms with Gasteiger partial charge in [0.1, 0.15) is 18.1 Å². The average molecular weight is 526 g/mol. The molecule has 36 heavy (non-hydrogen) atoms. The van der Waals surface area contributed by atoms with Crippen LogP contribution in [0.1, 0.15) is 95.1 Å². The SMILES string of the molecule is CCCCCCCCCCCCCCN=Cc1ccc(OCc2ccc(OC(F)(F)F)c(Cl)c2)cc1. The van der Waals surface area contributed by atoms with Crippen molar-refractivity contribution in [1.82, 2.24) is 0 Å². The van der Waals surface area contributed by atoms with Crippen LogP contribution in [0.4, 0.5) is 13.2 Å². The zero-order valence-corrected chi connectivity index (χ0v) is 22.0. The Kier molecular flexibility index (Phi) is 14.4. The van der Waals surface area contributed by atoms with Crippen LogP contribution in [0.15, 0.2) is 47.5 Å². The highest BCUT2D eigenvalue weighted by Gasteiger charge is 2.32. The Morgan fingerprint density at radius 1 is 0.806 bits per heavy atom. The topological polar surface area (TPSA) is 30.8 Å². The van der Waals surface area contributed by atoms with Crippen LogP contribution in [0, 0.1) is 0 Å². The van der Waals surface area contributed by atoms with Gasteiger partial charge in [0, 0.05) is 12.8 Å². The number of alkyl halides is 3. The van der Waals surface area contributed by atoms with E-state index in [2.05, 4.69) is 16.7 Å². The molecule has 3 nitrogen and oxygen atoms in total. The fourth-order valence-corrected chi connectivity index (χ4v) is 4.11. The predicted octanol–water partition coefficient (Wildman–Crippen LogP) is 9.94. The van der Waals surface area contributed by atoms with Gasteiger partial charge in [-0.1, -0.05) is 95.2 Å². The smallest absolute Gasteiger partial charge is 0.489 e. The van der Waals surface area contributed by atoms with E-state index < -0.39 is 12.1 Å². The summed E-state index contributed by atoms with van der Waals surface area (Å²) in [7, 11) is 0. The second kappa shape index (κ2) is 17.3. The van der Waals surface area contributed by atoms with Gasteiger partial charge in [0.25, 0.3) is 0 Å². The van der Waals surface area contributed by atoms with Crippen LogP contribution >= 0.6 is 11.6 Å². The highest BCUT2D eigenvalue weighted by Crippen LogP contribution is 2.31. The number of rotatable bonds is 18. The molecule has 0 aliphatic carbocycles. The first-order chi connectivity index (χ1) is 17.4. The minimum atomic E-state index is -4.78. The van der Waals surface area contributed by atoms with Crippen molar-refractivity contribution in [2.24, 2.45) is 4.99 Å². The summed E-state index contributed by atoms with van der Waals surface area (Å²) >= 11 is 5.87. The summed E-state index contributed by atoms with van der Waals surface area (Å²) in [5.41, 5.74) is 1.64. The molecule has 0 fully saturated rings. The van der Waals surface area contributed by atoms with Gasteiger partial charge in [0.2, 0.25) is 0 Å². The van der Waals surface area contributed by atoms with Crippen molar-refractivity contribution in [3.8, 4) is 11.5 Å². The molecule has 0 amide bonds. The molecule has 0 aliphatic heterocycles. The van der Waals surface area contributed by atoms with Crippen LogP contribution in [-0.2, 0) is 6.61 Å². The molecule has 0 atom stereocenters. The molecule has 0 aromatic heterocycles. The maximum absolute atomic E-state index is 12.3. The van der Waals surface area contributed by atoms with Crippen molar-refractivity contribution in [1.29, 1.82) is 0 Å². The van der Waals surface area contributed by atoms with E-state index >= 15 is 0 Å². The molecule has 0 saturated heterocycles. The molecule has 2 aromatic carbocycles. The Balaban J connectivity index is 1.56. The quantitative estimate of drug-likeness (QED) is 0.143. The van der Waals surface area contributed by atoms with Gasteiger partial charge >= 0.3 is 6.36 Å². The van der Waals surface area contributed by atoms with Crippen LogP contribution in [0.3, 0.4) is 0 Å². The Morgan fingerprint density at radius 3 is 1.94 bits per heavy atom. The third-order valence-corrected chi connectivity index (χ3v) is 6.18. The largest absolute Gasteiger partial charge is 0.573 e. The van der Waals surface area contributed by atoms with Gasteiger partial charge in [0.05, 0.1) is 5.02 Å². The zero-order valence-electron chi connectivity index (χ0n) is 21.3. The van der Waals surface area contributed by atoms with E-state index in [4.69, 9.17) is 16.3 Å². The van der Waals surface area contributed by atoms with E-state index in [1.54, 1.807) is 0 Å². The first kappa shape index (κ1) is 30.0. The van der Waals surface area contributed by atoms with Gasteiger partial charge in [-0.25, -0.2) is 0 Å². The molecular formula is C29H39ClF3NO2. The maximum Gasteiger partial charge on any atom is 0.573 e.